The van der Waals surface area contributed by atoms with E-state index in [1.54, 1.807) is 7.11 Å². The Hall–Kier alpha value is -2.44. The third-order valence-electron chi connectivity index (χ3n) is 4.96. The lowest BCUT2D eigenvalue weighted by Crippen LogP contribution is -2.52. The first-order valence-electron chi connectivity index (χ1n) is 9.92. The van der Waals surface area contributed by atoms with E-state index in [-0.39, 0.29) is 11.8 Å². The SMILES string of the molecule is CCNC(=NCCNC(=O)C1CC1)N1CCN(c2ccccc2OC)CC1. The molecule has 27 heavy (non-hydrogen) atoms. The maximum absolute atomic E-state index is 11.7. The van der Waals surface area contributed by atoms with Crippen LogP contribution in [0, 0.1) is 5.92 Å². The van der Waals surface area contributed by atoms with Crippen LogP contribution in [0.4, 0.5) is 5.69 Å². The summed E-state index contributed by atoms with van der Waals surface area (Å²) >= 11 is 0. The minimum absolute atomic E-state index is 0.181. The molecule has 0 aromatic heterocycles. The molecule has 0 atom stereocenters. The molecule has 3 rings (SSSR count). The fourth-order valence-corrected chi connectivity index (χ4v) is 3.31. The number of amides is 1. The predicted octanol–water partition coefficient (Wildman–Crippen LogP) is 1.31. The average molecular weight is 374 g/mol. The summed E-state index contributed by atoms with van der Waals surface area (Å²) in [5.74, 6) is 2.28. The molecule has 1 saturated heterocycles. The van der Waals surface area contributed by atoms with E-state index in [1.807, 2.05) is 18.2 Å². The Morgan fingerprint density at radius 2 is 1.93 bits per heavy atom. The fraction of sp³-hybridized carbons (Fsp3) is 0.600. The number of hydrogen-bond acceptors (Lipinski definition) is 4. The number of nitrogens with one attached hydrogen (secondary N) is 2. The smallest absolute Gasteiger partial charge is 0.223 e. The van der Waals surface area contributed by atoms with E-state index in [4.69, 9.17) is 9.73 Å². The van der Waals surface area contributed by atoms with Gasteiger partial charge in [0, 0.05) is 45.2 Å². The number of carbonyl (C=O) groups excluding carboxylic acids is 1. The van der Waals surface area contributed by atoms with Gasteiger partial charge in [0.05, 0.1) is 19.3 Å². The Balaban J connectivity index is 1.51. The lowest BCUT2D eigenvalue weighted by Gasteiger charge is -2.38. The Morgan fingerprint density at radius 1 is 1.19 bits per heavy atom. The zero-order chi connectivity index (χ0) is 19.1. The van der Waals surface area contributed by atoms with Gasteiger partial charge in [0.2, 0.25) is 5.91 Å². The molecule has 2 N–H and O–H groups in total. The van der Waals surface area contributed by atoms with Crippen LogP contribution in [-0.4, -0.2) is 69.7 Å². The van der Waals surface area contributed by atoms with Gasteiger partial charge in [-0.05, 0) is 31.9 Å². The summed E-state index contributed by atoms with van der Waals surface area (Å²) in [7, 11) is 1.72. The van der Waals surface area contributed by atoms with Crippen molar-refractivity contribution in [2.75, 3.05) is 57.8 Å². The zero-order valence-electron chi connectivity index (χ0n) is 16.4. The molecule has 0 unspecified atom stereocenters. The summed E-state index contributed by atoms with van der Waals surface area (Å²) in [5, 5.41) is 6.34. The number of carbonyl (C=O) groups is 1. The van der Waals surface area contributed by atoms with Crippen molar-refractivity contribution in [2.24, 2.45) is 10.9 Å². The summed E-state index contributed by atoms with van der Waals surface area (Å²) in [6.07, 6.45) is 2.07. The number of rotatable bonds is 7. The largest absolute Gasteiger partial charge is 0.495 e. The van der Waals surface area contributed by atoms with Crippen molar-refractivity contribution in [1.29, 1.82) is 0 Å². The molecule has 0 spiro atoms. The van der Waals surface area contributed by atoms with Crippen LogP contribution in [0.2, 0.25) is 0 Å². The summed E-state index contributed by atoms with van der Waals surface area (Å²) < 4.78 is 5.49. The van der Waals surface area contributed by atoms with E-state index < -0.39 is 0 Å². The van der Waals surface area contributed by atoms with Crippen LogP contribution in [0.5, 0.6) is 5.75 Å². The Morgan fingerprint density at radius 3 is 2.59 bits per heavy atom. The number of ether oxygens (including phenoxy) is 1. The van der Waals surface area contributed by atoms with Gasteiger partial charge < -0.3 is 25.2 Å². The van der Waals surface area contributed by atoms with Gasteiger partial charge in [-0.3, -0.25) is 9.79 Å². The van der Waals surface area contributed by atoms with Gasteiger partial charge >= 0.3 is 0 Å². The quantitative estimate of drug-likeness (QED) is 0.428. The number of hydrogen-bond donors (Lipinski definition) is 2. The van der Waals surface area contributed by atoms with Gasteiger partial charge in [-0.15, -0.1) is 0 Å². The highest BCUT2D eigenvalue weighted by molar-refractivity contribution is 5.81. The second-order valence-electron chi connectivity index (χ2n) is 6.95. The summed E-state index contributed by atoms with van der Waals surface area (Å²) in [6, 6.07) is 8.15. The minimum atomic E-state index is 0.181. The first-order valence-corrected chi connectivity index (χ1v) is 9.92. The highest BCUT2D eigenvalue weighted by Gasteiger charge is 2.29. The number of nitrogens with zero attached hydrogens (tertiary/aromatic N) is 3. The van der Waals surface area contributed by atoms with Crippen molar-refractivity contribution >= 4 is 17.6 Å². The predicted molar refractivity (Wildman–Crippen MR) is 108 cm³/mol. The van der Waals surface area contributed by atoms with Crippen molar-refractivity contribution in [3.63, 3.8) is 0 Å². The van der Waals surface area contributed by atoms with Crippen LogP contribution in [0.1, 0.15) is 19.8 Å². The van der Waals surface area contributed by atoms with E-state index in [1.165, 1.54) is 0 Å². The van der Waals surface area contributed by atoms with E-state index in [2.05, 4.69) is 33.4 Å². The van der Waals surface area contributed by atoms with Crippen molar-refractivity contribution in [3.8, 4) is 5.75 Å². The van der Waals surface area contributed by atoms with Crippen LogP contribution in [-0.2, 0) is 4.79 Å². The van der Waals surface area contributed by atoms with Crippen LogP contribution < -0.4 is 20.3 Å². The van der Waals surface area contributed by atoms with Gasteiger partial charge in [-0.25, -0.2) is 0 Å². The molecular formula is C20H31N5O2. The molecule has 1 amide bonds. The Bertz CT molecular complexity index is 652. The number of guanidine groups is 1. The van der Waals surface area contributed by atoms with Gasteiger partial charge in [0.15, 0.2) is 5.96 Å². The fourth-order valence-electron chi connectivity index (χ4n) is 3.31. The second kappa shape index (κ2) is 9.48. The topological polar surface area (TPSA) is 69.2 Å². The van der Waals surface area contributed by atoms with Crippen LogP contribution in [0.15, 0.2) is 29.3 Å². The number of para-hydroxylation sites is 2. The first-order chi connectivity index (χ1) is 13.2. The maximum atomic E-state index is 11.7. The van der Waals surface area contributed by atoms with Crippen molar-refractivity contribution in [2.45, 2.75) is 19.8 Å². The van der Waals surface area contributed by atoms with Crippen LogP contribution in [0.25, 0.3) is 0 Å². The van der Waals surface area contributed by atoms with Gasteiger partial charge in [0.25, 0.3) is 0 Å². The van der Waals surface area contributed by atoms with Crippen LogP contribution in [0.3, 0.4) is 0 Å². The summed E-state index contributed by atoms with van der Waals surface area (Å²) in [4.78, 5) is 21.0. The third kappa shape index (κ3) is 5.28. The van der Waals surface area contributed by atoms with Crippen molar-refractivity contribution < 1.29 is 9.53 Å². The van der Waals surface area contributed by atoms with Gasteiger partial charge in [0.1, 0.15) is 5.75 Å². The van der Waals surface area contributed by atoms with E-state index in [0.29, 0.717) is 13.1 Å². The number of anilines is 1. The molecule has 1 aromatic carbocycles. The molecule has 7 heteroatoms. The monoisotopic (exact) mass is 373 g/mol. The first kappa shape index (κ1) is 19.3. The number of methoxy groups -OCH3 is 1. The molecular weight excluding hydrogens is 342 g/mol. The average Bonchev–Trinajstić information content (AvgIpc) is 3.56. The van der Waals surface area contributed by atoms with E-state index in [0.717, 1.165) is 63.0 Å². The highest BCUT2D eigenvalue weighted by Crippen LogP contribution is 2.29. The lowest BCUT2D eigenvalue weighted by molar-refractivity contribution is -0.122. The molecule has 1 aromatic rings. The van der Waals surface area contributed by atoms with Gasteiger partial charge in [-0.1, -0.05) is 12.1 Å². The molecule has 1 aliphatic carbocycles. The van der Waals surface area contributed by atoms with E-state index >= 15 is 0 Å². The van der Waals surface area contributed by atoms with Gasteiger partial charge in [-0.2, -0.15) is 0 Å². The second-order valence-corrected chi connectivity index (χ2v) is 6.95. The molecule has 7 nitrogen and oxygen atoms in total. The number of benzene rings is 1. The molecule has 1 heterocycles. The normalized spacial score (nSPS) is 17.6. The third-order valence-corrected chi connectivity index (χ3v) is 4.96. The molecule has 148 valence electrons. The number of piperazine rings is 1. The standard InChI is InChI=1S/C20H31N5O2/c1-3-21-20(23-11-10-22-19(26)16-8-9-16)25-14-12-24(13-15-25)17-6-4-5-7-18(17)27-2/h4-7,16H,3,8-15H2,1-2H3,(H,21,23)(H,22,26). The minimum Gasteiger partial charge on any atom is -0.495 e. The number of aliphatic imine (C=N–C) groups is 1. The molecule has 2 fully saturated rings. The Kier molecular flexibility index (Phi) is 6.79. The Labute approximate surface area is 161 Å². The van der Waals surface area contributed by atoms with Crippen molar-refractivity contribution in [1.82, 2.24) is 15.5 Å². The molecule has 1 saturated carbocycles. The van der Waals surface area contributed by atoms with Crippen LogP contribution >= 0.6 is 0 Å². The molecule has 0 radical (unpaired) electrons. The lowest BCUT2D eigenvalue weighted by atomic mass is 10.2. The summed E-state index contributed by atoms with van der Waals surface area (Å²) in [6.45, 7) is 7.76. The highest BCUT2D eigenvalue weighted by atomic mass is 16.5. The van der Waals surface area contributed by atoms with E-state index in [9.17, 15) is 4.79 Å². The molecule has 0 bridgehead atoms. The van der Waals surface area contributed by atoms with Crippen molar-refractivity contribution in [3.05, 3.63) is 24.3 Å². The zero-order valence-corrected chi connectivity index (χ0v) is 16.4. The maximum Gasteiger partial charge on any atom is 0.223 e. The molecule has 2 aliphatic rings. The summed E-state index contributed by atoms with van der Waals surface area (Å²) in [5.41, 5.74) is 1.14. The molecule has 1 aliphatic heterocycles.